The van der Waals surface area contributed by atoms with E-state index < -0.39 is 0 Å². The lowest BCUT2D eigenvalue weighted by atomic mass is 9.82. The summed E-state index contributed by atoms with van der Waals surface area (Å²) in [5.74, 6) is 0. The van der Waals surface area contributed by atoms with Crippen LogP contribution in [0.3, 0.4) is 0 Å². The molecule has 10 aromatic carbocycles. The first-order valence-corrected chi connectivity index (χ1v) is 17.4. The van der Waals surface area contributed by atoms with Gasteiger partial charge in [0.1, 0.15) is 0 Å². The fourth-order valence-electron chi connectivity index (χ4n) is 8.13. The van der Waals surface area contributed by atoms with Crippen LogP contribution in [0.1, 0.15) is 0 Å². The minimum Gasteiger partial charge on any atom is -0.0622 e. The second-order valence-electron chi connectivity index (χ2n) is 13.2. The molecule has 0 N–H and O–H groups in total. The molecule has 50 heavy (non-hydrogen) atoms. The fraction of sp³-hybridized carbons (Fsp3) is 0. The molecule has 0 atom stereocenters. The summed E-state index contributed by atoms with van der Waals surface area (Å²) < 4.78 is 0. The molecular formula is C50H32. The van der Waals surface area contributed by atoms with Gasteiger partial charge in [-0.05, 0) is 111 Å². The van der Waals surface area contributed by atoms with Crippen LogP contribution in [-0.4, -0.2) is 0 Å². The van der Waals surface area contributed by atoms with Gasteiger partial charge in [0, 0.05) is 0 Å². The lowest BCUT2D eigenvalue weighted by molar-refractivity contribution is 1.61. The zero-order chi connectivity index (χ0) is 33.0. The number of benzene rings is 10. The largest absolute Gasteiger partial charge is 0.0622 e. The summed E-state index contributed by atoms with van der Waals surface area (Å²) in [6, 6.07) is 71.4. The Bertz CT molecular complexity index is 2830. The fourth-order valence-corrected chi connectivity index (χ4v) is 8.13. The molecule has 0 saturated heterocycles. The third-order valence-corrected chi connectivity index (χ3v) is 10.4. The highest BCUT2D eigenvalue weighted by Crippen LogP contribution is 2.48. The van der Waals surface area contributed by atoms with Crippen molar-refractivity contribution >= 4 is 53.9 Å². The zero-order valence-electron chi connectivity index (χ0n) is 27.5. The Balaban J connectivity index is 1.32. The molecule has 0 heterocycles. The van der Waals surface area contributed by atoms with E-state index in [0.717, 1.165) is 0 Å². The van der Waals surface area contributed by atoms with Crippen LogP contribution in [-0.2, 0) is 0 Å². The third kappa shape index (κ3) is 4.54. The molecule has 0 fully saturated rings. The highest BCUT2D eigenvalue weighted by Gasteiger charge is 2.21. The second kappa shape index (κ2) is 11.6. The molecule has 0 nitrogen and oxygen atoms in total. The Morgan fingerprint density at radius 2 is 0.680 bits per heavy atom. The van der Waals surface area contributed by atoms with E-state index >= 15 is 0 Å². The van der Waals surface area contributed by atoms with Crippen LogP contribution in [0.5, 0.6) is 0 Å². The maximum absolute atomic E-state index is 2.47. The molecule has 0 unspecified atom stereocenters. The average molecular weight is 633 g/mol. The van der Waals surface area contributed by atoms with Crippen molar-refractivity contribution in [2.45, 2.75) is 0 Å². The number of hydrogen-bond donors (Lipinski definition) is 0. The van der Waals surface area contributed by atoms with E-state index in [1.165, 1.54) is 98.4 Å². The Morgan fingerprint density at radius 3 is 1.36 bits per heavy atom. The molecule has 0 aromatic heterocycles. The molecule has 0 heteroatoms. The smallest absolute Gasteiger partial charge is 0.00199 e. The van der Waals surface area contributed by atoms with Gasteiger partial charge in [0.15, 0.2) is 0 Å². The number of fused-ring (bicyclic) bond motifs is 6. The van der Waals surface area contributed by atoms with Gasteiger partial charge >= 0.3 is 0 Å². The molecule has 0 saturated carbocycles. The Morgan fingerprint density at radius 1 is 0.200 bits per heavy atom. The minimum absolute atomic E-state index is 1.22. The molecule has 0 amide bonds. The Hall–Kier alpha value is -6.50. The van der Waals surface area contributed by atoms with Crippen LogP contribution in [0, 0.1) is 0 Å². The van der Waals surface area contributed by atoms with Crippen molar-refractivity contribution in [1.82, 2.24) is 0 Å². The van der Waals surface area contributed by atoms with Crippen molar-refractivity contribution in [1.29, 1.82) is 0 Å². The lowest BCUT2D eigenvalue weighted by Gasteiger charge is -2.21. The van der Waals surface area contributed by atoms with Gasteiger partial charge in [-0.3, -0.25) is 0 Å². The Labute approximate surface area is 291 Å². The Kier molecular flexibility index (Phi) is 6.60. The molecule has 0 radical (unpaired) electrons. The van der Waals surface area contributed by atoms with Gasteiger partial charge in [0.2, 0.25) is 0 Å². The first kappa shape index (κ1) is 28.5. The first-order chi connectivity index (χ1) is 24.8. The topological polar surface area (TPSA) is 0 Å². The van der Waals surface area contributed by atoms with Crippen molar-refractivity contribution in [2.75, 3.05) is 0 Å². The van der Waals surface area contributed by atoms with E-state index in [1.807, 2.05) is 0 Å². The summed E-state index contributed by atoms with van der Waals surface area (Å²) in [6.45, 7) is 0. The molecule has 0 bridgehead atoms. The van der Waals surface area contributed by atoms with Crippen LogP contribution < -0.4 is 0 Å². The normalized spacial score (nSPS) is 11.6. The van der Waals surface area contributed by atoms with Crippen molar-refractivity contribution in [2.24, 2.45) is 0 Å². The summed E-state index contributed by atoms with van der Waals surface area (Å²) in [4.78, 5) is 0. The summed E-state index contributed by atoms with van der Waals surface area (Å²) in [6.07, 6.45) is 0. The molecule has 0 aliphatic carbocycles. The summed E-state index contributed by atoms with van der Waals surface area (Å²) in [5.41, 5.74) is 9.99. The van der Waals surface area contributed by atoms with Gasteiger partial charge in [0.25, 0.3) is 0 Å². The van der Waals surface area contributed by atoms with Gasteiger partial charge in [-0.15, -0.1) is 0 Å². The summed E-state index contributed by atoms with van der Waals surface area (Å²) in [7, 11) is 0. The molecule has 0 aliphatic heterocycles. The lowest BCUT2D eigenvalue weighted by Crippen LogP contribution is -1.94. The predicted molar refractivity (Wildman–Crippen MR) is 216 cm³/mol. The van der Waals surface area contributed by atoms with E-state index in [9.17, 15) is 0 Å². The predicted octanol–water partition coefficient (Wildman–Crippen LogP) is 14.1. The van der Waals surface area contributed by atoms with Crippen LogP contribution in [0.15, 0.2) is 194 Å². The summed E-state index contributed by atoms with van der Waals surface area (Å²) >= 11 is 0. The van der Waals surface area contributed by atoms with Gasteiger partial charge < -0.3 is 0 Å². The SMILES string of the molecule is c1ccc(-c2ccc(-c3c4ccccc4c(-c4cc5c(ccc6ccccc65)cc4-c4cccc5ccccc45)c4ccccc34)cc2)cc1. The van der Waals surface area contributed by atoms with E-state index in [0.29, 0.717) is 0 Å². The van der Waals surface area contributed by atoms with E-state index in [4.69, 9.17) is 0 Å². The van der Waals surface area contributed by atoms with Gasteiger partial charge in [-0.2, -0.15) is 0 Å². The van der Waals surface area contributed by atoms with Crippen molar-refractivity contribution < 1.29 is 0 Å². The van der Waals surface area contributed by atoms with Crippen LogP contribution in [0.4, 0.5) is 0 Å². The quantitative estimate of drug-likeness (QED) is 0.134. The summed E-state index contributed by atoms with van der Waals surface area (Å²) in [5, 5.41) is 12.6. The van der Waals surface area contributed by atoms with Crippen molar-refractivity contribution in [3.8, 4) is 44.5 Å². The van der Waals surface area contributed by atoms with Crippen LogP contribution in [0.2, 0.25) is 0 Å². The molecular weight excluding hydrogens is 601 g/mol. The zero-order valence-corrected chi connectivity index (χ0v) is 27.5. The first-order valence-electron chi connectivity index (χ1n) is 17.4. The molecule has 0 spiro atoms. The minimum atomic E-state index is 1.22. The van der Waals surface area contributed by atoms with E-state index in [1.54, 1.807) is 0 Å². The van der Waals surface area contributed by atoms with Crippen LogP contribution in [0.25, 0.3) is 98.4 Å². The third-order valence-electron chi connectivity index (χ3n) is 10.4. The highest BCUT2D eigenvalue weighted by atomic mass is 14.2. The number of rotatable bonds is 4. The standard InChI is InChI=1S/C50H32/c1-2-13-33(14-3-1)34-25-28-37(29-26-34)49-42-20-8-10-22-44(42)50(45-23-11-9-21-43(45)49)48-32-46-38(30-27-36-16-5-7-19-40(36)46)31-47(48)41-24-12-17-35-15-4-6-18-39(35)41/h1-32H. The average Bonchev–Trinajstić information content (AvgIpc) is 3.19. The van der Waals surface area contributed by atoms with Crippen molar-refractivity contribution in [3.05, 3.63) is 194 Å². The van der Waals surface area contributed by atoms with Gasteiger partial charge in [0.05, 0.1) is 0 Å². The van der Waals surface area contributed by atoms with Crippen molar-refractivity contribution in [3.63, 3.8) is 0 Å². The van der Waals surface area contributed by atoms with Gasteiger partial charge in [-0.25, -0.2) is 0 Å². The van der Waals surface area contributed by atoms with E-state index in [2.05, 4.69) is 194 Å². The maximum Gasteiger partial charge on any atom is -0.00199 e. The van der Waals surface area contributed by atoms with E-state index in [-0.39, 0.29) is 0 Å². The molecule has 0 aliphatic rings. The number of hydrogen-bond acceptors (Lipinski definition) is 0. The maximum atomic E-state index is 2.47. The molecule has 10 aromatic rings. The molecule has 10 rings (SSSR count). The highest BCUT2D eigenvalue weighted by molar-refractivity contribution is 6.24. The van der Waals surface area contributed by atoms with Gasteiger partial charge in [-0.1, -0.05) is 182 Å². The molecule has 232 valence electrons. The second-order valence-corrected chi connectivity index (χ2v) is 13.2. The monoisotopic (exact) mass is 632 g/mol. The van der Waals surface area contributed by atoms with Crippen LogP contribution >= 0.6 is 0 Å².